The molecule has 2 nitrogen and oxygen atoms in total. The molecule has 4 atom stereocenters. The number of carbonyl (C=O) groups is 1. The summed E-state index contributed by atoms with van der Waals surface area (Å²) in [6.45, 7) is 10.4. The van der Waals surface area contributed by atoms with Crippen molar-refractivity contribution in [3.05, 3.63) is 0 Å². The van der Waals surface area contributed by atoms with Crippen LogP contribution in [0.2, 0.25) is 0 Å². The first-order valence-corrected chi connectivity index (χ1v) is 8.45. The molecule has 4 aliphatic carbocycles. The molecule has 4 saturated carbocycles. The number of hydrogen-bond acceptors (Lipinski definition) is 2. The minimum absolute atomic E-state index is 0.00993. The molecule has 0 heterocycles. The molecule has 2 heteroatoms. The Bertz CT molecular complexity index is 423. The lowest BCUT2D eigenvalue weighted by Crippen LogP contribution is -2.67. The van der Waals surface area contributed by atoms with Crippen LogP contribution in [0, 0.1) is 28.6 Å². The molecule has 4 unspecified atom stereocenters. The van der Waals surface area contributed by atoms with E-state index in [1.165, 1.54) is 32.1 Å². The molecule has 0 aromatic heterocycles. The van der Waals surface area contributed by atoms with Crippen LogP contribution in [0.4, 0.5) is 0 Å². The summed E-state index contributed by atoms with van der Waals surface area (Å²) < 4.78 is 6.09. The summed E-state index contributed by atoms with van der Waals surface area (Å²) in [6.07, 6.45) is 7.64. The van der Waals surface area contributed by atoms with Crippen molar-refractivity contribution in [2.24, 2.45) is 28.6 Å². The van der Waals surface area contributed by atoms with E-state index in [1.54, 1.807) is 0 Å². The predicted octanol–water partition coefficient (Wildman–Crippen LogP) is 4.57. The van der Waals surface area contributed by atoms with Gasteiger partial charge in [-0.15, -0.1) is 0 Å². The summed E-state index contributed by atoms with van der Waals surface area (Å²) in [5.74, 6) is 2.64. The monoisotopic (exact) mass is 278 g/mol. The third-order valence-corrected chi connectivity index (χ3v) is 7.06. The lowest BCUT2D eigenvalue weighted by atomic mass is 9.36. The summed E-state index contributed by atoms with van der Waals surface area (Å²) in [5, 5.41) is 0. The van der Waals surface area contributed by atoms with E-state index >= 15 is 0 Å². The van der Waals surface area contributed by atoms with Gasteiger partial charge in [-0.25, -0.2) is 0 Å². The molecule has 4 fully saturated rings. The number of esters is 1. The zero-order chi connectivity index (χ0) is 14.8. The molecule has 0 amide bonds. The van der Waals surface area contributed by atoms with Crippen molar-refractivity contribution in [2.75, 3.05) is 0 Å². The van der Waals surface area contributed by atoms with Crippen LogP contribution in [0.5, 0.6) is 0 Å². The van der Waals surface area contributed by atoms with Crippen molar-refractivity contribution in [3.63, 3.8) is 0 Å². The van der Waals surface area contributed by atoms with Crippen LogP contribution in [0.3, 0.4) is 0 Å². The number of carbonyl (C=O) groups excluding carboxylic acids is 1. The quantitative estimate of drug-likeness (QED) is 0.704. The Balaban J connectivity index is 1.78. The maximum atomic E-state index is 12.5. The van der Waals surface area contributed by atoms with E-state index < -0.39 is 0 Å². The Morgan fingerprint density at radius 2 is 1.90 bits per heavy atom. The Morgan fingerprint density at radius 1 is 1.20 bits per heavy atom. The number of rotatable bonds is 4. The number of hydrogen-bond donors (Lipinski definition) is 0. The summed E-state index contributed by atoms with van der Waals surface area (Å²) >= 11 is 0. The minimum atomic E-state index is -0.356. The Kier molecular flexibility index (Phi) is 3.05. The van der Waals surface area contributed by atoms with Crippen molar-refractivity contribution in [1.29, 1.82) is 0 Å². The third kappa shape index (κ3) is 1.79. The lowest BCUT2D eigenvalue weighted by molar-refractivity contribution is -0.257. The van der Waals surface area contributed by atoms with E-state index in [9.17, 15) is 4.79 Å². The van der Waals surface area contributed by atoms with Crippen LogP contribution >= 0.6 is 0 Å². The first-order valence-electron chi connectivity index (χ1n) is 8.45. The van der Waals surface area contributed by atoms with E-state index in [0.717, 1.165) is 24.2 Å². The highest BCUT2D eigenvalue weighted by Gasteiger charge is 2.67. The van der Waals surface area contributed by atoms with Gasteiger partial charge >= 0.3 is 5.97 Å². The fourth-order valence-corrected chi connectivity index (χ4v) is 5.26. The zero-order valence-corrected chi connectivity index (χ0v) is 13.8. The highest BCUT2D eigenvalue weighted by Crippen LogP contribution is 2.71. The van der Waals surface area contributed by atoms with Gasteiger partial charge in [-0.05, 0) is 77.6 Å². The van der Waals surface area contributed by atoms with Crippen molar-refractivity contribution in [1.82, 2.24) is 0 Å². The summed E-state index contributed by atoms with van der Waals surface area (Å²) in [4.78, 5) is 12.5. The van der Waals surface area contributed by atoms with Crippen LogP contribution in [0.1, 0.15) is 73.1 Å². The van der Waals surface area contributed by atoms with Gasteiger partial charge in [-0.3, -0.25) is 4.79 Å². The highest BCUT2D eigenvalue weighted by molar-refractivity contribution is 5.76. The van der Waals surface area contributed by atoms with E-state index in [2.05, 4.69) is 20.8 Å². The molecule has 0 N–H and O–H groups in total. The molecule has 20 heavy (non-hydrogen) atoms. The van der Waals surface area contributed by atoms with Crippen LogP contribution in [0.15, 0.2) is 0 Å². The van der Waals surface area contributed by atoms with Gasteiger partial charge in [0.2, 0.25) is 0 Å². The maximum Gasteiger partial charge on any atom is 0.312 e. The van der Waals surface area contributed by atoms with Crippen LogP contribution < -0.4 is 0 Å². The maximum absolute atomic E-state index is 12.5. The van der Waals surface area contributed by atoms with E-state index in [-0.39, 0.29) is 22.4 Å². The second-order valence-electron chi connectivity index (χ2n) is 8.75. The van der Waals surface area contributed by atoms with Crippen molar-refractivity contribution in [2.45, 2.75) is 78.7 Å². The van der Waals surface area contributed by atoms with E-state index in [0.29, 0.717) is 0 Å². The summed E-state index contributed by atoms with van der Waals surface area (Å²) in [6, 6.07) is 0. The Morgan fingerprint density at radius 3 is 2.40 bits per heavy atom. The Labute approximate surface area is 123 Å². The molecule has 0 aliphatic heterocycles. The zero-order valence-electron chi connectivity index (χ0n) is 13.8. The summed E-state index contributed by atoms with van der Waals surface area (Å²) in [7, 11) is 0. The minimum Gasteiger partial charge on any atom is -0.459 e. The van der Waals surface area contributed by atoms with Gasteiger partial charge in [0.25, 0.3) is 0 Å². The molecule has 0 spiro atoms. The first-order chi connectivity index (χ1) is 9.22. The fraction of sp³-hybridized carbons (Fsp3) is 0.944. The molecular formula is C18H30O2. The van der Waals surface area contributed by atoms with Gasteiger partial charge in [0.15, 0.2) is 0 Å². The topological polar surface area (TPSA) is 26.3 Å². The molecule has 0 aromatic rings. The SMILES string of the molecule is CCC(C)(C)C(=O)OC(C)(C)C12CC3CCC1C(C3)C2. The predicted molar refractivity (Wildman–Crippen MR) is 80.2 cm³/mol. The van der Waals surface area contributed by atoms with Crippen LogP contribution in [-0.2, 0) is 9.53 Å². The average Bonchev–Trinajstić information content (AvgIpc) is 2.37. The van der Waals surface area contributed by atoms with Crippen LogP contribution in [0.25, 0.3) is 0 Å². The van der Waals surface area contributed by atoms with Gasteiger partial charge in [-0.2, -0.15) is 0 Å². The molecule has 4 bridgehead atoms. The molecular weight excluding hydrogens is 248 g/mol. The van der Waals surface area contributed by atoms with Gasteiger partial charge in [0.05, 0.1) is 5.41 Å². The third-order valence-electron chi connectivity index (χ3n) is 7.06. The van der Waals surface area contributed by atoms with Gasteiger partial charge in [0.1, 0.15) is 5.60 Å². The van der Waals surface area contributed by atoms with Crippen molar-refractivity contribution in [3.8, 4) is 0 Å². The molecule has 0 radical (unpaired) electrons. The second kappa shape index (κ2) is 4.24. The molecule has 4 rings (SSSR count). The van der Waals surface area contributed by atoms with Crippen molar-refractivity contribution < 1.29 is 9.53 Å². The van der Waals surface area contributed by atoms with E-state index in [1.807, 2.05) is 13.8 Å². The highest BCUT2D eigenvalue weighted by atomic mass is 16.6. The number of ether oxygens (including phenoxy) is 1. The van der Waals surface area contributed by atoms with E-state index in [4.69, 9.17) is 4.74 Å². The first kappa shape index (κ1) is 14.4. The fourth-order valence-electron chi connectivity index (χ4n) is 5.26. The second-order valence-corrected chi connectivity index (χ2v) is 8.75. The molecule has 4 aliphatic rings. The molecule has 0 aromatic carbocycles. The largest absolute Gasteiger partial charge is 0.459 e. The molecule has 0 saturated heterocycles. The number of fused-ring (bicyclic) bond motifs is 1. The summed E-state index contributed by atoms with van der Waals surface area (Å²) in [5.41, 5.74) is -0.361. The average molecular weight is 278 g/mol. The Hall–Kier alpha value is -0.530. The van der Waals surface area contributed by atoms with Gasteiger partial charge in [0, 0.05) is 5.41 Å². The van der Waals surface area contributed by atoms with Gasteiger partial charge in [-0.1, -0.05) is 13.3 Å². The molecule has 114 valence electrons. The lowest BCUT2D eigenvalue weighted by Gasteiger charge is -2.70. The van der Waals surface area contributed by atoms with Gasteiger partial charge < -0.3 is 4.74 Å². The van der Waals surface area contributed by atoms with Crippen LogP contribution in [-0.4, -0.2) is 11.6 Å². The standard InChI is InChI=1S/C18H30O2/c1-6-16(2,3)15(19)20-17(4,5)18-10-12-7-8-14(18)13(9-12)11-18/h12-14H,6-11H2,1-5H3. The van der Waals surface area contributed by atoms with Crippen molar-refractivity contribution >= 4 is 5.97 Å². The smallest absolute Gasteiger partial charge is 0.312 e. The normalized spacial score (nSPS) is 39.4.